The lowest BCUT2D eigenvalue weighted by atomic mass is 10.0. The minimum absolute atomic E-state index is 0.361. The molecule has 0 amide bonds. The Kier molecular flexibility index (Phi) is 4.40. The number of benzene rings is 3. The summed E-state index contributed by atoms with van der Waals surface area (Å²) in [5.74, 6) is 1.19. The quantitative estimate of drug-likeness (QED) is 0.282. The second-order valence-corrected chi connectivity index (χ2v) is 9.59. The van der Waals surface area contributed by atoms with E-state index >= 15 is 0 Å². The van der Waals surface area contributed by atoms with Gasteiger partial charge in [0.25, 0.3) is 0 Å². The topological polar surface area (TPSA) is 35.0 Å². The fraction of sp³-hybridized carbons (Fsp3) is 0. The highest BCUT2D eigenvalue weighted by atomic mass is 31.1. The molecular weight excluding hydrogens is 411 g/mol. The van der Waals surface area contributed by atoms with Crippen LogP contribution in [0, 0.1) is 0 Å². The number of pyridine rings is 2. The van der Waals surface area contributed by atoms with Crippen LogP contribution in [0.15, 0.2) is 115 Å². The Hall–Kier alpha value is -3.94. The summed E-state index contributed by atoms with van der Waals surface area (Å²) in [6.07, 6.45) is 3.36. The number of aromatic nitrogens is 2. The van der Waals surface area contributed by atoms with E-state index in [1.165, 1.54) is 27.2 Å². The molecule has 0 N–H and O–H groups in total. The van der Waals surface area contributed by atoms with Crippen molar-refractivity contribution in [2.24, 2.45) is 0 Å². The summed E-state index contributed by atoms with van der Waals surface area (Å²) in [7, 11) is -0.699. The van der Waals surface area contributed by atoms with E-state index in [4.69, 9.17) is 11.1 Å². The molecule has 4 heteroatoms. The second kappa shape index (κ2) is 7.96. The maximum absolute atomic E-state index is 7.58. The summed E-state index contributed by atoms with van der Waals surface area (Å²) in [5, 5.41) is 5.29. The molecule has 0 bridgehead atoms. The van der Waals surface area contributed by atoms with E-state index in [2.05, 4.69) is 65.6 Å². The highest BCUT2D eigenvalue weighted by Gasteiger charge is 2.15. The average molecular weight is 431 g/mol. The standard InChI is InChI=1S/C28H19N2OP/c1-2-11-25-23(10-1)24-15-14-21(19-26(24)32(25)28-13-4-6-17-30-28)20-8-7-9-22(18-20)31-27-12-3-5-16-29-27/h1-19H/i5D. The van der Waals surface area contributed by atoms with Gasteiger partial charge in [-0.15, -0.1) is 0 Å². The predicted octanol–water partition coefficient (Wildman–Crippen LogP) is 8.22. The molecule has 6 aromatic rings. The van der Waals surface area contributed by atoms with Crippen molar-refractivity contribution in [1.82, 2.24) is 9.97 Å². The third-order valence-corrected chi connectivity index (χ3v) is 7.98. The monoisotopic (exact) mass is 431 g/mol. The van der Waals surface area contributed by atoms with Crippen molar-refractivity contribution in [3.05, 3.63) is 115 Å². The molecule has 0 saturated heterocycles. The van der Waals surface area contributed by atoms with Gasteiger partial charge in [-0.05, 0) is 64.3 Å². The van der Waals surface area contributed by atoms with Gasteiger partial charge in [0, 0.05) is 28.7 Å². The molecule has 3 aromatic carbocycles. The fourth-order valence-electron chi connectivity index (χ4n) is 4.11. The maximum atomic E-state index is 7.58. The molecule has 3 aromatic heterocycles. The van der Waals surface area contributed by atoms with Gasteiger partial charge < -0.3 is 4.74 Å². The van der Waals surface area contributed by atoms with E-state index < -0.39 is 7.53 Å². The molecule has 0 aliphatic heterocycles. The predicted molar refractivity (Wildman–Crippen MR) is 133 cm³/mol. The number of hydrogen-bond donors (Lipinski definition) is 0. The van der Waals surface area contributed by atoms with E-state index in [1.54, 1.807) is 12.1 Å². The lowest BCUT2D eigenvalue weighted by molar-refractivity contribution is 0.463. The van der Waals surface area contributed by atoms with Gasteiger partial charge in [-0.3, -0.25) is 4.98 Å². The van der Waals surface area contributed by atoms with Gasteiger partial charge in [-0.1, -0.05) is 62.1 Å². The van der Waals surface area contributed by atoms with Crippen molar-refractivity contribution in [2.45, 2.75) is 0 Å². The summed E-state index contributed by atoms with van der Waals surface area (Å²) in [4.78, 5) is 8.89. The van der Waals surface area contributed by atoms with Crippen LogP contribution in [0.3, 0.4) is 0 Å². The molecule has 3 heterocycles. The molecule has 152 valence electrons. The summed E-state index contributed by atoms with van der Waals surface area (Å²) in [6, 6.07) is 33.3. The van der Waals surface area contributed by atoms with E-state index in [0.717, 1.165) is 16.6 Å². The van der Waals surface area contributed by atoms with Crippen LogP contribution < -0.4 is 4.74 Å². The molecule has 0 saturated carbocycles. The van der Waals surface area contributed by atoms with Crippen LogP contribution in [0.25, 0.3) is 37.6 Å². The van der Waals surface area contributed by atoms with E-state index in [-0.39, 0.29) is 0 Å². The molecule has 1 unspecified atom stereocenters. The Bertz CT molecular complexity index is 1590. The van der Waals surface area contributed by atoms with Crippen LogP contribution in [0.1, 0.15) is 1.37 Å². The van der Waals surface area contributed by atoms with Crippen LogP contribution >= 0.6 is 7.53 Å². The number of rotatable bonds is 4. The average Bonchev–Trinajstić information content (AvgIpc) is 3.20. The van der Waals surface area contributed by atoms with Crippen LogP contribution in [0.4, 0.5) is 0 Å². The Labute approximate surface area is 188 Å². The minimum Gasteiger partial charge on any atom is -0.439 e. The zero-order valence-electron chi connectivity index (χ0n) is 18.1. The van der Waals surface area contributed by atoms with Crippen molar-refractivity contribution in [3.63, 3.8) is 0 Å². The first-order chi connectivity index (χ1) is 16.3. The Morgan fingerprint density at radius 1 is 0.656 bits per heavy atom. The lowest BCUT2D eigenvalue weighted by Crippen LogP contribution is -1.87. The summed E-state index contributed by atoms with van der Waals surface area (Å²) >= 11 is 0. The fourth-order valence-corrected chi connectivity index (χ4v) is 6.66. The highest BCUT2D eigenvalue weighted by Crippen LogP contribution is 2.54. The first kappa shape index (κ1) is 17.7. The Balaban J connectivity index is 1.48. The van der Waals surface area contributed by atoms with Gasteiger partial charge in [0.2, 0.25) is 5.88 Å². The van der Waals surface area contributed by atoms with Crippen LogP contribution in [0.2, 0.25) is 0 Å². The van der Waals surface area contributed by atoms with Gasteiger partial charge >= 0.3 is 0 Å². The van der Waals surface area contributed by atoms with E-state index in [1.807, 2.05) is 30.5 Å². The van der Waals surface area contributed by atoms with Gasteiger partial charge in [0.1, 0.15) is 5.75 Å². The van der Waals surface area contributed by atoms with Crippen LogP contribution in [-0.4, -0.2) is 9.97 Å². The summed E-state index contributed by atoms with van der Waals surface area (Å²) < 4.78 is 13.5. The number of hydrogen-bond acceptors (Lipinski definition) is 3. The molecule has 0 aliphatic rings. The first-order valence-electron chi connectivity index (χ1n) is 10.9. The zero-order chi connectivity index (χ0) is 22.2. The van der Waals surface area contributed by atoms with Crippen LogP contribution in [0.5, 0.6) is 11.6 Å². The lowest BCUT2D eigenvalue weighted by Gasteiger charge is -2.08. The van der Waals surface area contributed by atoms with Crippen LogP contribution in [-0.2, 0) is 0 Å². The Morgan fingerprint density at radius 2 is 1.53 bits per heavy atom. The van der Waals surface area contributed by atoms with Crippen molar-refractivity contribution in [2.75, 3.05) is 0 Å². The summed E-state index contributed by atoms with van der Waals surface area (Å²) in [6.45, 7) is 0. The molecule has 6 rings (SSSR count). The third-order valence-electron chi connectivity index (χ3n) is 5.53. The molecule has 0 spiro atoms. The molecule has 32 heavy (non-hydrogen) atoms. The molecule has 3 nitrogen and oxygen atoms in total. The SMILES string of the molecule is [2H]c1ccc(Oc2cccc(-c3ccc4c5ccccc5p(-c5ccccn5)c4c3)c2)nc1. The largest absolute Gasteiger partial charge is 0.439 e. The number of nitrogens with zero attached hydrogens (tertiary/aromatic N) is 2. The molecule has 0 aliphatic carbocycles. The van der Waals surface area contributed by atoms with Crippen molar-refractivity contribution >= 4 is 28.5 Å². The highest BCUT2D eigenvalue weighted by molar-refractivity contribution is 7.67. The maximum Gasteiger partial charge on any atom is 0.219 e. The van der Waals surface area contributed by atoms with E-state index in [9.17, 15) is 0 Å². The van der Waals surface area contributed by atoms with E-state index in [0.29, 0.717) is 17.7 Å². The number of ether oxygens (including phenoxy) is 1. The van der Waals surface area contributed by atoms with Gasteiger partial charge in [0.15, 0.2) is 0 Å². The molecule has 1 atom stereocenters. The first-order valence-corrected chi connectivity index (χ1v) is 11.8. The third kappa shape index (κ3) is 3.33. The minimum atomic E-state index is -0.699. The van der Waals surface area contributed by atoms with Gasteiger partial charge in [-0.25, -0.2) is 4.98 Å². The Morgan fingerprint density at radius 3 is 2.41 bits per heavy atom. The van der Waals surface area contributed by atoms with Gasteiger partial charge in [0.05, 0.1) is 6.81 Å². The van der Waals surface area contributed by atoms with Crippen molar-refractivity contribution in [3.8, 4) is 28.2 Å². The second-order valence-electron chi connectivity index (χ2n) is 7.50. The summed E-state index contributed by atoms with van der Waals surface area (Å²) in [5.41, 5.74) is 3.35. The van der Waals surface area contributed by atoms with Crippen molar-refractivity contribution < 1.29 is 6.11 Å². The zero-order valence-corrected chi connectivity index (χ0v) is 18.0. The number of fused-ring (bicyclic) bond motifs is 3. The molecule has 0 fully saturated rings. The van der Waals surface area contributed by atoms with Crippen molar-refractivity contribution in [1.29, 1.82) is 0 Å². The van der Waals surface area contributed by atoms with Gasteiger partial charge in [-0.2, -0.15) is 0 Å². The normalized spacial score (nSPS) is 12.1. The smallest absolute Gasteiger partial charge is 0.219 e. The molecule has 0 radical (unpaired) electrons. The molecular formula is C28H19N2OP.